The van der Waals surface area contributed by atoms with E-state index in [1.165, 1.54) is 11.1 Å². The standard InChI is InChI=1S/C17H14ClN3/c1-12-2-4-13(5-3-12)11-21-16-7-6-14(18)10-15(16)20-17(21)8-9-19/h2-7,10H,8,11H2,1H3. The van der Waals surface area contributed by atoms with E-state index in [0.29, 0.717) is 11.6 Å². The van der Waals surface area contributed by atoms with Crippen LogP contribution in [0.2, 0.25) is 5.02 Å². The SMILES string of the molecule is Cc1ccc(Cn2c(CC#N)nc3cc(Cl)ccc32)cc1. The highest BCUT2D eigenvalue weighted by Crippen LogP contribution is 2.22. The molecule has 1 heterocycles. The summed E-state index contributed by atoms with van der Waals surface area (Å²) < 4.78 is 2.08. The molecule has 3 rings (SSSR count). The lowest BCUT2D eigenvalue weighted by Gasteiger charge is -2.08. The topological polar surface area (TPSA) is 41.6 Å². The Labute approximate surface area is 128 Å². The molecule has 3 nitrogen and oxygen atoms in total. The lowest BCUT2D eigenvalue weighted by atomic mass is 10.1. The molecule has 0 saturated carbocycles. The van der Waals surface area contributed by atoms with E-state index in [1.54, 1.807) is 0 Å². The van der Waals surface area contributed by atoms with Crippen molar-refractivity contribution in [3.8, 4) is 6.07 Å². The molecule has 0 unspecified atom stereocenters. The number of nitrogens with zero attached hydrogens (tertiary/aromatic N) is 3. The van der Waals surface area contributed by atoms with Crippen molar-refractivity contribution in [2.24, 2.45) is 0 Å². The molecule has 0 aliphatic carbocycles. The van der Waals surface area contributed by atoms with Crippen LogP contribution in [0.5, 0.6) is 0 Å². The Morgan fingerprint density at radius 1 is 1.19 bits per heavy atom. The maximum absolute atomic E-state index is 9.00. The molecule has 0 spiro atoms. The fourth-order valence-electron chi connectivity index (χ4n) is 2.41. The van der Waals surface area contributed by atoms with Gasteiger partial charge < -0.3 is 4.57 Å². The second-order valence-electron chi connectivity index (χ2n) is 5.07. The Balaban J connectivity index is 2.08. The Bertz CT molecular complexity index is 826. The van der Waals surface area contributed by atoms with Gasteiger partial charge in [-0.05, 0) is 30.7 Å². The van der Waals surface area contributed by atoms with E-state index in [0.717, 1.165) is 16.9 Å². The first kappa shape index (κ1) is 13.7. The number of aryl methyl sites for hydroxylation is 1. The normalized spacial score (nSPS) is 10.7. The molecular weight excluding hydrogens is 282 g/mol. The Hall–Kier alpha value is -2.31. The molecule has 0 atom stereocenters. The minimum absolute atomic E-state index is 0.290. The van der Waals surface area contributed by atoms with Gasteiger partial charge in [0.1, 0.15) is 5.82 Å². The van der Waals surface area contributed by atoms with Gasteiger partial charge in [-0.15, -0.1) is 0 Å². The van der Waals surface area contributed by atoms with E-state index in [-0.39, 0.29) is 6.42 Å². The molecule has 0 fully saturated rings. The average Bonchev–Trinajstić information content (AvgIpc) is 2.79. The molecule has 21 heavy (non-hydrogen) atoms. The molecule has 0 aliphatic rings. The second-order valence-corrected chi connectivity index (χ2v) is 5.50. The van der Waals surface area contributed by atoms with E-state index in [2.05, 4.69) is 46.8 Å². The molecule has 4 heteroatoms. The molecule has 0 saturated heterocycles. The highest BCUT2D eigenvalue weighted by molar-refractivity contribution is 6.31. The van der Waals surface area contributed by atoms with Gasteiger partial charge in [-0.3, -0.25) is 0 Å². The lowest BCUT2D eigenvalue weighted by Crippen LogP contribution is -2.04. The minimum Gasteiger partial charge on any atom is -0.323 e. The first-order chi connectivity index (χ1) is 10.2. The van der Waals surface area contributed by atoms with Crippen molar-refractivity contribution in [2.75, 3.05) is 0 Å². The van der Waals surface area contributed by atoms with Crippen LogP contribution in [0.4, 0.5) is 0 Å². The second kappa shape index (κ2) is 5.59. The van der Waals surface area contributed by atoms with Crippen molar-refractivity contribution in [1.82, 2.24) is 9.55 Å². The molecular formula is C17H14ClN3. The summed E-state index contributed by atoms with van der Waals surface area (Å²) >= 11 is 6.02. The molecule has 3 aromatic rings. The Kier molecular flexibility index (Phi) is 3.64. The van der Waals surface area contributed by atoms with Gasteiger partial charge in [0.15, 0.2) is 0 Å². The summed E-state index contributed by atoms with van der Waals surface area (Å²) in [6.07, 6.45) is 0.290. The number of benzene rings is 2. The summed E-state index contributed by atoms with van der Waals surface area (Å²) in [4.78, 5) is 4.53. The molecule has 0 bridgehead atoms. The third-order valence-corrected chi connectivity index (χ3v) is 3.72. The predicted octanol–water partition coefficient (Wildman–Crippen LogP) is 4.11. The van der Waals surface area contributed by atoms with Crippen LogP contribution in [0.1, 0.15) is 17.0 Å². The summed E-state index contributed by atoms with van der Waals surface area (Å²) in [5.74, 6) is 0.773. The van der Waals surface area contributed by atoms with Gasteiger partial charge in [0.25, 0.3) is 0 Å². The summed E-state index contributed by atoms with van der Waals surface area (Å²) in [5, 5.41) is 9.66. The van der Waals surface area contributed by atoms with Gasteiger partial charge >= 0.3 is 0 Å². The van der Waals surface area contributed by atoms with Crippen LogP contribution in [-0.4, -0.2) is 9.55 Å². The van der Waals surface area contributed by atoms with E-state index in [4.69, 9.17) is 16.9 Å². The quantitative estimate of drug-likeness (QED) is 0.729. The fraction of sp³-hybridized carbons (Fsp3) is 0.176. The monoisotopic (exact) mass is 295 g/mol. The third kappa shape index (κ3) is 2.76. The Morgan fingerprint density at radius 2 is 1.95 bits per heavy atom. The van der Waals surface area contributed by atoms with Crippen LogP contribution >= 0.6 is 11.6 Å². The van der Waals surface area contributed by atoms with E-state index < -0.39 is 0 Å². The van der Waals surface area contributed by atoms with Gasteiger partial charge in [0.05, 0.1) is 23.5 Å². The van der Waals surface area contributed by atoms with Crippen LogP contribution < -0.4 is 0 Å². The van der Waals surface area contributed by atoms with Gasteiger partial charge in [0, 0.05) is 11.6 Å². The number of aromatic nitrogens is 2. The van der Waals surface area contributed by atoms with Gasteiger partial charge in [-0.25, -0.2) is 4.98 Å². The first-order valence-corrected chi connectivity index (χ1v) is 7.12. The van der Waals surface area contributed by atoms with Crippen molar-refractivity contribution in [3.05, 3.63) is 64.4 Å². The van der Waals surface area contributed by atoms with Crippen LogP contribution in [0, 0.1) is 18.3 Å². The fourth-order valence-corrected chi connectivity index (χ4v) is 2.58. The molecule has 104 valence electrons. The van der Waals surface area contributed by atoms with E-state index in [1.807, 2.05) is 18.2 Å². The van der Waals surface area contributed by atoms with Gasteiger partial charge in [-0.1, -0.05) is 41.4 Å². The highest BCUT2D eigenvalue weighted by atomic mass is 35.5. The number of hydrogen-bond acceptors (Lipinski definition) is 2. The number of nitriles is 1. The summed E-state index contributed by atoms with van der Waals surface area (Å²) in [6.45, 7) is 2.77. The van der Waals surface area contributed by atoms with Crippen molar-refractivity contribution >= 4 is 22.6 Å². The average molecular weight is 296 g/mol. The van der Waals surface area contributed by atoms with E-state index >= 15 is 0 Å². The molecule has 1 aromatic heterocycles. The number of fused-ring (bicyclic) bond motifs is 1. The minimum atomic E-state index is 0.290. The van der Waals surface area contributed by atoms with Gasteiger partial charge in [0.2, 0.25) is 0 Å². The van der Waals surface area contributed by atoms with Gasteiger partial charge in [-0.2, -0.15) is 5.26 Å². The first-order valence-electron chi connectivity index (χ1n) is 6.74. The van der Waals surface area contributed by atoms with Crippen molar-refractivity contribution in [2.45, 2.75) is 19.9 Å². The van der Waals surface area contributed by atoms with Crippen LogP contribution in [0.3, 0.4) is 0 Å². The molecule has 0 aliphatic heterocycles. The summed E-state index contributed by atoms with van der Waals surface area (Å²) in [7, 11) is 0. The summed E-state index contributed by atoms with van der Waals surface area (Å²) in [6, 6.07) is 16.2. The zero-order valence-corrected chi connectivity index (χ0v) is 12.4. The van der Waals surface area contributed by atoms with Crippen LogP contribution in [0.15, 0.2) is 42.5 Å². The van der Waals surface area contributed by atoms with Crippen LogP contribution in [0.25, 0.3) is 11.0 Å². The largest absolute Gasteiger partial charge is 0.323 e. The van der Waals surface area contributed by atoms with E-state index in [9.17, 15) is 0 Å². The zero-order chi connectivity index (χ0) is 14.8. The predicted molar refractivity (Wildman–Crippen MR) is 84.3 cm³/mol. The zero-order valence-electron chi connectivity index (χ0n) is 11.7. The molecule has 0 N–H and O–H groups in total. The number of halogens is 1. The lowest BCUT2D eigenvalue weighted by molar-refractivity contribution is 0.769. The van der Waals surface area contributed by atoms with Crippen molar-refractivity contribution in [1.29, 1.82) is 5.26 Å². The molecule has 0 amide bonds. The van der Waals surface area contributed by atoms with Crippen molar-refractivity contribution in [3.63, 3.8) is 0 Å². The van der Waals surface area contributed by atoms with Crippen LogP contribution in [-0.2, 0) is 13.0 Å². The smallest absolute Gasteiger partial charge is 0.124 e. The molecule has 0 radical (unpaired) electrons. The molecule has 2 aromatic carbocycles. The summed E-state index contributed by atoms with van der Waals surface area (Å²) in [5.41, 5.74) is 4.26. The maximum atomic E-state index is 9.00. The highest BCUT2D eigenvalue weighted by Gasteiger charge is 2.11. The maximum Gasteiger partial charge on any atom is 0.124 e. The number of imidazole rings is 1. The number of hydrogen-bond donors (Lipinski definition) is 0. The Morgan fingerprint density at radius 3 is 2.67 bits per heavy atom. The van der Waals surface area contributed by atoms with Crippen molar-refractivity contribution < 1.29 is 0 Å². The number of rotatable bonds is 3. The third-order valence-electron chi connectivity index (χ3n) is 3.49.